The van der Waals surface area contributed by atoms with E-state index in [-0.39, 0.29) is 5.84 Å². The van der Waals surface area contributed by atoms with Crippen LogP contribution in [-0.4, -0.2) is 24.3 Å². The number of nitrogens with two attached hydrogens (primary N) is 1. The highest BCUT2D eigenvalue weighted by molar-refractivity contribution is 6.30. The van der Waals surface area contributed by atoms with E-state index in [1.165, 1.54) is 0 Å². The van der Waals surface area contributed by atoms with E-state index >= 15 is 0 Å². The van der Waals surface area contributed by atoms with Gasteiger partial charge in [0.25, 0.3) is 0 Å². The Balaban J connectivity index is 2.51. The third kappa shape index (κ3) is 3.77. The Morgan fingerprint density at radius 1 is 1.43 bits per heavy atom. The number of benzene rings is 1. The Labute approximate surface area is 89.0 Å². The predicted octanol–water partition coefficient (Wildman–Crippen LogP) is 1.71. The smallest absolute Gasteiger partial charge is 0.105 e. The molecule has 76 valence electrons. The molecule has 0 saturated carbocycles. The van der Waals surface area contributed by atoms with E-state index in [4.69, 9.17) is 22.7 Å². The van der Waals surface area contributed by atoms with Gasteiger partial charge in [-0.25, -0.2) is 0 Å². The minimum atomic E-state index is 0.182. The molecule has 0 radical (unpaired) electrons. The van der Waals surface area contributed by atoms with E-state index in [1.807, 2.05) is 36.2 Å². The van der Waals surface area contributed by atoms with Crippen molar-refractivity contribution in [3.05, 3.63) is 34.9 Å². The lowest BCUT2D eigenvalue weighted by atomic mass is 10.2. The van der Waals surface area contributed by atoms with E-state index in [2.05, 4.69) is 0 Å². The summed E-state index contributed by atoms with van der Waals surface area (Å²) in [4.78, 5) is 1.98. The van der Waals surface area contributed by atoms with Gasteiger partial charge in [-0.2, -0.15) is 0 Å². The van der Waals surface area contributed by atoms with Gasteiger partial charge < -0.3 is 5.73 Å². The number of halogens is 1. The van der Waals surface area contributed by atoms with E-state index in [9.17, 15) is 0 Å². The first-order valence-electron chi connectivity index (χ1n) is 4.34. The summed E-state index contributed by atoms with van der Waals surface area (Å²) >= 11 is 5.76. The highest BCUT2D eigenvalue weighted by Crippen LogP contribution is 2.10. The molecule has 1 aromatic rings. The van der Waals surface area contributed by atoms with Gasteiger partial charge >= 0.3 is 0 Å². The van der Waals surface area contributed by atoms with Gasteiger partial charge in [-0.15, -0.1) is 0 Å². The van der Waals surface area contributed by atoms with Crippen LogP contribution in [0.15, 0.2) is 24.3 Å². The molecule has 0 bridgehead atoms. The summed E-state index contributed by atoms with van der Waals surface area (Å²) in [6.07, 6.45) is 0. The maximum atomic E-state index is 7.14. The van der Waals surface area contributed by atoms with Gasteiger partial charge in [0.2, 0.25) is 0 Å². The molecule has 0 spiro atoms. The normalized spacial score (nSPS) is 10.5. The van der Waals surface area contributed by atoms with Crippen LogP contribution in [0.4, 0.5) is 0 Å². The minimum absolute atomic E-state index is 0.182. The zero-order valence-corrected chi connectivity index (χ0v) is 8.88. The average Bonchev–Trinajstić information content (AvgIpc) is 2.07. The van der Waals surface area contributed by atoms with Crippen LogP contribution in [0.25, 0.3) is 0 Å². The number of hydrogen-bond donors (Lipinski definition) is 2. The summed E-state index contributed by atoms with van der Waals surface area (Å²) in [5.74, 6) is 0.182. The first kappa shape index (κ1) is 11.0. The van der Waals surface area contributed by atoms with Crippen molar-refractivity contribution >= 4 is 17.4 Å². The summed E-state index contributed by atoms with van der Waals surface area (Å²) in [7, 11) is 1.93. The molecule has 3 N–H and O–H groups in total. The van der Waals surface area contributed by atoms with Crippen molar-refractivity contribution in [3.8, 4) is 0 Å². The first-order valence-corrected chi connectivity index (χ1v) is 4.71. The molecular weight excluding hydrogens is 198 g/mol. The lowest BCUT2D eigenvalue weighted by molar-refractivity contribution is 0.372. The van der Waals surface area contributed by atoms with Crippen molar-refractivity contribution in [2.24, 2.45) is 5.73 Å². The third-order valence-electron chi connectivity index (χ3n) is 1.81. The number of nitrogens with zero attached hydrogens (tertiary/aromatic N) is 1. The quantitative estimate of drug-likeness (QED) is 0.589. The van der Waals surface area contributed by atoms with Crippen molar-refractivity contribution in [1.82, 2.24) is 4.90 Å². The molecule has 0 aliphatic carbocycles. The molecule has 0 saturated heterocycles. The van der Waals surface area contributed by atoms with Gasteiger partial charge in [0.1, 0.15) is 5.84 Å². The lowest BCUT2D eigenvalue weighted by Crippen LogP contribution is -2.29. The number of rotatable bonds is 4. The van der Waals surface area contributed by atoms with Crippen LogP contribution in [0.1, 0.15) is 5.56 Å². The summed E-state index contributed by atoms with van der Waals surface area (Å²) in [5, 5.41) is 7.88. The second kappa shape index (κ2) is 4.98. The first-order chi connectivity index (χ1) is 6.58. The van der Waals surface area contributed by atoms with Crippen molar-refractivity contribution in [2.45, 2.75) is 6.54 Å². The fraction of sp³-hybridized carbons (Fsp3) is 0.300. The lowest BCUT2D eigenvalue weighted by Gasteiger charge is -2.15. The minimum Gasteiger partial charge on any atom is -0.387 e. The number of amidine groups is 1. The molecule has 4 heteroatoms. The summed E-state index contributed by atoms with van der Waals surface area (Å²) in [6, 6.07) is 7.66. The second-order valence-corrected chi connectivity index (χ2v) is 3.76. The predicted molar refractivity (Wildman–Crippen MR) is 59.7 cm³/mol. The van der Waals surface area contributed by atoms with Crippen molar-refractivity contribution < 1.29 is 0 Å². The van der Waals surface area contributed by atoms with Crippen LogP contribution >= 0.6 is 11.6 Å². The van der Waals surface area contributed by atoms with Crippen LogP contribution in [0, 0.1) is 5.41 Å². The SMILES string of the molecule is CN(CC(=N)N)Cc1ccc(Cl)cc1. The van der Waals surface area contributed by atoms with Gasteiger partial charge in [0, 0.05) is 11.6 Å². The molecule has 0 aliphatic rings. The zero-order chi connectivity index (χ0) is 10.6. The number of hydrogen-bond acceptors (Lipinski definition) is 2. The maximum Gasteiger partial charge on any atom is 0.105 e. The van der Waals surface area contributed by atoms with Crippen molar-refractivity contribution in [2.75, 3.05) is 13.6 Å². The third-order valence-corrected chi connectivity index (χ3v) is 2.06. The molecule has 0 aromatic heterocycles. The molecule has 0 unspecified atom stereocenters. The van der Waals surface area contributed by atoms with E-state index in [0.29, 0.717) is 6.54 Å². The average molecular weight is 212 g/mol. The molecule has 0 fully saturated rings. The molecule has 0 amide bonds. The van der Waals surface area contributed by atoms with Crippen LogP contribution in [0.5, 0.6) is 0 Å². The molecule has 1 rings (SSSR count). The molecule has 0 aliphatic heterocycles. The highest BCUT2D eigenvalue weighted by Gasteiger charge is 2.01. The summed E-state index contributed by atoms with van der Waals surface area (Å²) in [5.41, 5.74) is 6.46. The van der Waals surface area contributed by atoms with E-state index in [0.717, 1.165) is 17.1 Å². The fourth-order valence-corrected chi connectivity index (χ4v) is 1.37. The Morgan fingerprint density at radius 2 is 2.00 bits per heavy atom. The van der Waals surface area contributed by atoms with Crippen LogP contribution < -0.4 is 5.73 Å². The number of nitrogens with one attached hydrogen (secondary N) is 1. The van der Waals surface area contributed by atoms with Crippen molar-refractivity contribution in [3.63, 3.8) is 0 Å². The van der Waals surface area contributed by atoms with Gasteiger partial charge in [-0.3, -0.25) is 10.3 Å². The van der Waals surface area contributed by atoms with Gasteiger partial charge in [-0.05, 0) is 24.7 Å². The van der Waals surface area contributed by atoms with Gasteiger partial charge in [0.05, 0.1) is 6.54 Å². The van der Waals surface area contributed by atoms with E-state index < -0.39 is 0 Å². The maximum absolute atomic E-state index is 7.14. The number of likely N-dealkylation sites (N-methyl/N-ethyl adjacent to an activating group) is 1. The van der Waals surface area contributed by atoms with Crippen LogP contribution in [-0.2, 0) is 6.54 Å². The zero-order valence-electron chi connectivity index (χ0n) is 8.13. The Morgan fingerprint density at radius 3 is 2.50 bits per heavy atom. The summed E-state index contributed by atoms with van der Waals surface area (Å²) in [6.45, 7) is 1.26. The fourth-order valence-electron chi connectivity index (χ4n) is 1.25. The molecule has 0 atom stereocenters. The van der Waals surface area contributed by atoms with Gasteiger partial charge in [0.15, 0.2) is 0 Å². The van der Waals surface area contributed by atoms with Crippen molar-refractivity contribution in [1.29, 1.82) is 5.41 Å². The molecule has 3 nitrogen and oxygen atoms in total. The summed E-state index contributed by atoms with van der Waals surface area (Å²) < 4.78 is 0. The monoisotopic (exact) mass is 211 g/mol. The standard InChI is InChI=1S/C10H14ClN3/c1-14(7-10(12)13)6-8-2-4-9(11)5-3-8/h2-5H,6-7H2,1H3,(H3,12,13). The Hall–Kier alpha value is -1.06. The molecule has 0 heterocycles. The largest absolute Gasteiger partial charge is 0.387 e. The van der Waals surface area contributed by atoms with E-state index in [1.54, 1.807) is 0 Å². The topological polar surface area (TPSA) is 53.1 Å². The van der Waals surface area contributed by atoms with Gasteiger partial charge in [-0.1, -0.05) is 23.7 Å². The highest BCUT2D eigenvalue weighted by atomic mass is 35.5. The second-order valence-electron chi connectivity index (χ2n) is 3.32. The Kier molecular flexibility index (Phi) is 3.92. The Bertz CT molecular complexity index is 308. The van der Waals surface area contributed by atoms with Crippen LogP contribution in [0.3, 0.4) is 0 Å². The van der Waals surface area contributed by atoms with Crippen LogP contribution in [0.2, 0.25) is 5.02 Å². The molecule has 14 heavy (non-hydrogen) atoms. The molecular formula is C10H14ClN3. The molecule has 1 aromatic carbocycles.